The lowest BCUT2D eigenvalue weighted by molar-refractivity contribution is 0.109. The fraction of sp³-hybridized carbons (Fsp3) is 0.444. The van der Waals surface area contributed by atoms with Crippen molar-refractivity contribution in [3.8, 4) is 0 Å². The van der Waals surface area contributed by atoms with Gasteiger partial charge in [-0.2, -0.15) is 0 Å². The topological polar surface area (TPSA) is 33.5 Å². The highest BCUT2D eigenvalue weighted by molar-refractivity contribution is 5.74. The fourth-order valence-corrected chi connectivity index (χ4v) is 1.62. The third-order valence-corrected chi connectivity index (χ3v) is 2.30. The van der Waals surface area contributed by atoms with E-state index in [2.05, 4.69) is 11.9 Å². The fourth-order valence-electron chi connectivity index (χ4n) is 1.62. The smallest absolute Gasteiger partial charge is 0.185 e. The number of nitrogens with zero attached hydrogens (tertiary/aromatic N) is 1. The summed E-state index contributed by atoms with van der Waals surface area (Å²) in [6.45, 7) is 1.90. The van der Waals surface area contributed by atoms with Crippen LogP contribution in [0.1, 0.15) is 21.7 Å². The summed E-state index contributed by atoms with van der Waals surface area (Å²) in [4.78, 5) is 12.7. The van der Waals surface area contributed by atoms with Gasteiger partial charge in [-0.25, -0.2) is 0 Å². The lowest BCUT2D eigenvalue weighted by Crippen LogP contribution is -2.25. The molecule has 1 aromatic heterocycles. The van der Waals surface area contributed by atoms with E-state index in [-0.39, 0.29) is 0 Å². The van der Waals surface area contributed by atoms with E-state index in [1.807, 2.05) is 0 Å². The standard InChI is InChI=1S/C9H11NO2/c1-10-3-2-8-7(4-10)6-12-9(8)5-11/h5-6H,2-4H2,1H3. The lowest BCUT2D eigenvalue weighted by Gasteiger charge is -2.21. The number of carbonyl (C=O) groups is 1. The quantitative estimate of drug-likeness (QED) is 0.584. The van der Waals surface area contributed by atoms with E-state index in [4.69, 9.17) is 4.42 Å². The molecule has 0 N–H and O–H groups in total. The Kier molecular flexibility index (Phi) is 1.73. The highest BCUT2D eigenvalue weighted by atomic mass is 16.3. The van der Waals surface area contributed by atoms with Gasteiger partial charge in [-0.05, 0) is 13.5 Å². The molecule has 2 rings (SSSR count). The molecule has 0 amide bonds. The summed E-state index contributed by atoms with van der Waals surface area (Å²) in [6.07, 6.45) is 3.41. The predicted molar refractivity (Wildman–Crippen MR) is 44.1 cm³/mol. The summed E-state index contributed by atoms with van der Waals surface area (Å²) in [7, 11) is 2.07. The molecule has 0 unspecified atom stereocenters. The van der Waals surface area contributed by atoms with Gasteiger partial charge in [0.1, 0.15) is 0 Å². The van der Waals surface area contributed by atoms with Gasteiger partial charge in [0.2, 0.25) is 0 Å². The minimum absolute atomic E-state index is 0.512. The van der Waals surface area contributed by atoms with E-state index in [0.717, 1.165) is 36.9 Å². The van der Waals surface area contributed by atoms with Crippen LogP contribution in [0, 0.1) is 0 Å². The molecule has 0 spiro atoms. The van der Waals surface area contributed by atoms with Crippen LogP contribution >= 0.6 is 0 Å². The molecule has 3 heteroatoms. The van der Waals surface area contributed by atoms with Crippen molar-refractivity contribution in [2.75, 3.05) is 13.6 Å². The van der Waals surface area contributed by atoms with E-state index < -0.39 is 0 Å². The van der Waals surface area contributed by atoms with Crippen LogP contribution in [-0.4, -0.2) is 24.8 Å². The maximum absolute atomic E-state index is 10.5. The zero-order valence-corrected chi connectivity index (χ0v) is 7.04. The molecule has 12 heavy (non-hydrogen) atoms. The Morgan fingerprint density at radius 1 is 1.67 bits per heavy atom. The monoisotopic (exact) mass is 165 g/mol. The lowest BCUT2D eigenvalue weighted by atomic mass is 10.0. The molecule has 0 fully saturated rings. The first-order valence-electron chi connectivity index (χ1n) is 4.04. The van der Waals surface area contributed by atoms with Gasteiger partial charge in [0.25, 0.3) is 0 Å². The molecule has 0 saturated carbocycles. The van der Waals surface area contributed by atoms with E-state index >= 15 is 0 Å². The molecule has 2 heterocycles. The molecule has 0 atom stereocenters. The Morgan fingerprint density at radius 3 is 3.25 bits per heavy atom. The number of hydrogen-bond acceptors (Lipinski definition) is 3. The van der Waals surface area contributed by atoms with Crippen molar-refractivity contribution >= 4 is 6.29 Å². The normalized spacial score (nSPS) is 17.4. The molecule has 3 nitrogen and oxygen atoms in total. The maximum Gasteiger partial charge on any atom is 0.185 e. The van der Waals surface area contributed by atoms with Crippen molar-refractivity contribution in [3.63, 3.8) is 0 Å². The van der Waals surface area contributed by atoms with Gasteiger partial charge in [-0.3, -0.25) is 4.79 Å². The van der Waals surface area contributed by atoms with Crippen molar-refractivity contribution < 1.29 is 9.21 Å². The van der Waals surface area contributed by atoms with Crippen LogP contribution in [0.4, 0.5) is 0 Å². The van der Waals surface area contributed by atoms with Crippen molar-refractivity contribution in [2.24, 2.45) is 0 Å². The Bertz CT molecular complexity index is 303. The van der Waals surface area contributed by atoms with Gasteiger partial charge in [0, 0.05) is 24.2 Å². The number of furan rings is 1. The second kappa shape index (κ2) is 2.75. The molecular weight excluding hydrogens is 154 g/mol. The second-order valence-electron chi connectivity index (χ2n) is 3.21. The summed E-state index contributed by atoms with van der Waals surface area (Å²) >= 11 is 0. The Balaban J connectivity index is 2.38. The Labute approximate surface area is 71.0 Å². The molecule has 1 aliphatic heterocycles. The molecule has 0 saturated heterocycles. The summed E-state index contributed by atoms with van der Waals surface area (Å²) in [5.41, 5.74) is 2.26. The molecule has 64 valence electrons. The van der Waals surface area contributed by atoms with Crippen LogP contribution < -0.4 is 0 Å². The number of likely N-dealkylation sites (N-methyl/N-ethyl adjacent to an activating group) is 1. The van der Waals surface area contributed by atoms with Crippen LogP contribution in [-0.2, 0) is 13.0 Å². The Hall–Kier alpha value is -1.09. The molecule has 1 aromatic rings. The summed E-state index contributed by atoms with van der Waals surface area (Å²) < 4.78 is 5.12. The van der Waals surface area contributed by atoms with Crippen molar-refractivity contribution in [2.45, 2.75) is 13.0 Å². The van der Waals surface area contributed by atoms with E-state index in [9.17, 15) is 4.79 Å². The number of hydrogen-bond donors (Lipinski definition) is 0. The number of carbonyl (C=O) groups excluding carboxylic acids is 1. The van der Waals surface area contributed by atoms with Crippen LogP contribution in [0.2, 0.25) is 0 Å². The van der Waals surface area contributed by atoms with E-state index in [1.54, 1.807) is 6.26 Å². The van der Waals surface area contributed by atoms with E-state index in [0.29, 0.717) is 5.76 Å². The van der Waals surface area contributed by atoms with Crippen LogP contribution in [0.25, 0.3) is 0 Å². The maximum atomic E-state index is 10.5. The summed E-state index contributed by atoms with van der Waals surface area (Å²) in [6, 6.07) is 0. The third kappa shape index (κ3) is 1.06. The first-order valence-corrected chi connectivity index (χ1v) is 4.04. The van der Waals surface area contributed by atoms with Gasteiger partial charge >= 0.3 is 0 Å². The second-order valence-corrected chi connectivity index (χ2v) is 3.21. The average molecular weight is 165 g/mol. The SMILES string of the molecule is CN1CCc2c(coc2C=O)C1. The van der Waals surface area contributed by atoms with Crippen LogP contribution in [0.5, 0.6) is 0 Å². The van der Waals surface area contributed by atoms with Gasteiger partial charge in [0.05, 0.1) is 6.26 Å². The van der Waals surface area contributed by atoms with Crippen molar-refractivity contribution in [1.29, 1.82) is 0 Å². The van der Waals surface area contributed by atoms with Crippen LogP contribution in [0.3, 0.4) is 0 Å². The molecule has 0 aliphatic carbocycles. The van der Waals surface area contributed by atoms with Gasteiger partial charge in [-0.1, -0.05) is 0 Å². The molecule has 0 bridgehead atoms. The van der Waals surface area contributed by atoms with Crippen molar-refractivity contribution in [3.05, 3.63) is 23.2 Å². The highest BCUT2D eigenvalue weighted by Gasteiger charge is 2.18. The number of fused-ring (bicyclic) bond motifs is 1. The first kappa shape index (κ1) is 7.55. The summed E-state index contributed by atoms with van der Waals surface area (Å²) in [5, 5.41) is 0. The van der Waals surface area contributed by atoms with Crippen LogP contribution in [0.15, 0.2) is 10.7 Å². The molecular formula is C9H11NO2. The zero-order valence-electron chi connectivity index (χ0n) is 7.04. The van der Waals surface area contributed by atoms with Gasteiger partial charge < -0.3 is 9.32 Å². The largest absolute Gasteiger partial charge is 0.461 e. The Morgan fingerprint density at radius 2 is 2.50 bits per heavy atom. The predicted octanol–water partition coefficient (Wildman–Crippen LogP) is 1.08. The van der Waals surface area contributed by atoms with E-state index in [1.165, 1.54) is 0 Å². The highest BCUT2D eigenvalue weighted by Crippen LogP contribution is 2.22. The number of rotatable bonds is 1. The van der Waals surface area contributed by atoms with Crippen molar-refractivity contribution in [1.82, 2.24) is 4.90 Å². The minimum atomic E-state index is 0.512. The minimum Gasteiger partial charge on any atom is -0.461 e. The molecule has 0 aromatic carbocycles. The number of aldehydes is 1. The zero-order chi connectivity index (χ0) is 8.55. The first-order chi connectivity index (χ1) is 5.81. The average Bonchev–Trinajstić information content (AvgIpc) is 2.46. The summed E-state index contributed by atoms with van der Waals surface area (Å²) in [5.74, 6) is 0.512. The van der Waals surface area contributed by atoms with Gasteiger partial charge in [0.15, 0.2) is 12.0 Å². The molecule has 1 aliphatic rings. The third-order valence-electron chi connectivity index (χ3n) is 2.30. The molecule has 0 radical (unpaired) electrons. The van der Waals surface area contributed by atoms with Gasteiger partial charge in [-0.15, -0.1) is 0 Å².